The van der Waals surface area contributed by atoms with Crippen molar-refractivity contribution in [3.05, 3.63) is 53.7 Å². The highest BCUT2D eigenvalue weighted by Crippen LogP contribution is 2.23. The lowest BCUT2D eigenvalue weighted by atomic mass is 10.2. The van der Waals surface area contributed by atoms with E-state index in [1.165, 1.54) is 0 Å². The fourth-order valence-corrected chi connectivity index (χ4v) is 2.28. The van der Waals surface area contributed by atoms with Crippen LogP contribution in [0.2, 0.25) is 0 Å². The number of hydrogen-bond donors (Lipinski definition) is 1. The van der Waals surface area contributed by atoms with E-state index in [0.29, 0.717) is 16.6 Å². The second-order valence-electron chi connectivity index (χ2n) is 4.86. The average molecular weight is 269 g/mol. The van der Waals surface area contributed by atoms with Crippen LogP contribution < -0.4 is 9.63 Å². The molecule has 3 aromatic rings. The lowest BCUT2D eigenvalue weighted by Crippen LogP contribution is -2.28. The largest absolute Gasteiger partial charge is 0.710 e. The summed E-state index contributed by atoms with van der Waals surface area (Å²) < 4.78 is 1.69. The van der Waals surface area contributed by atoms with Crippen LogP contribution in [0.15, 0.2) is 48.5 Å². The second-order valence-corrected chi connectivity index (χ2v) is 4.86. The SMILES string of the molecule is CN(C)c1ccc(-c2n(O)c3ccccc3[n+]2[O-])cc1. The van der Waals surface area contributed by atoms with Gasteiger partial charge in [0, 0.05) is 19.8 Å². The number of aromatic nitrogens is 2. The molecule has 20 heavy (non-hydrogen) atoms. The third-order valence-electron chi connectivity index (χ3n) is 3.36. The van der Waals surface area contributed by atoms with E-state index in [0.717, 1.165) is 15.1 Å². The van der Waals surface area contributed by atoms with Crippen molar-refractivity contribution < 1.29 is 9.94 Å². The molecular weight excluding hydrogens is 254 g/mol. The van der Waals surface area contributed by atoms with Crippen molar-refractivity contribution in [1.29, 1.82) is 0 Å². The third-order valence-corrected chi connectivity index (χ3v) is 3.36. The van der Waals surface area contributed by atoms with Crippen molar-refractivity contribution in [2.45, 2.75) is 0 Å². The van der Waals surface area contributed by atoms with Gasteiger partial charge in [-0.1, -0.05) is 12.1 Å². The van der Waals surface area contributed by atoms with E-state index in [-0.39, 0.29) is 5.82 Å². The maximum atomic E-state index is 12.3. The first-order valence-electron chi connectivity index (χ1n) is 6.29. The van der Waals surface area contributed by atoms with Crippen LogP contribution in [0.5, 0.6) is 0 Å². The van der Waals surface area contributed by atoms with Gasteiger partial charge in [-0.25, -0.2) is 4.73 Å². The third kappa shape index (κ3) is 1.75. The second kappa shape index (κ2) is 4.45. The lowest BCUT2D eigenvalue weighted by molar-refractivity contribution is -0.567. The molecule has 0 fully saturated rings. The molecule has 3 rings (SSSR count). The minimum absolute atomic E-state index is 0.219. The van der Waals surface area contributed by atoms with Gasteiger partial charge in [-0.3, -0.25) is 0 Å². The van der Waals surface area contributed by atoms with Crippen molar-refractivity contribution in [3.63, 3.8) is 0 Å². The number of hydrogen-bond acceptors (Lipinski definition) is 3. The van der Waals surface area contributed by atoms with Gasteiger partial charge < -0.3 is 15.3 Å². The van der Waals surface area contributed by atoms with Gasteiger partial charge in [0.25, 0.3) is 0 Å². The molecule has 2 aromatic carbocycles. The summed E-state index contributed by atoms with van der Waals surface area (Å²) in [5, 5.41) is 22.5. The molecule has 0 bridgehead atoms. The van der Waals surface area contributed by atoms with Crippen LogP contribution in [0.25, 0.3) is 22.4 Å². The van der Waals surface area contributed by atoms with E-state index in [2.05, 4.69) is 0 Å². The first kappa shape index (κ1) is 12.3. The van der Waals surface area contributed by atoms with Crippen molar-refractivity contribution in [2.24, 2.45) is 0 Å². The van der Waals surface area contributed by atoms with Crippen molar-refractivity contribution in [1.82, 2.24) is 4.73 Å². The maximum Gasteiger partial charge on any atom is 0.332 e. The Morgan fingerprint density at radius 3 is 2.30 bits per heavy atom. The number of rotatable bonds is 2. The van der Waals surface area contributed by atoms with Crippen LogP contribution >= 0.6 is 0 Å². The number of benzene rings is 2. The highest BCUT2D eigenvalue weighted by Gasteiger charge is 2.22. The van der Waals surface area contributed by atoms with Gasteiger partial charge in [-0.05, 0) is 41.1 Å². The van der Waals surface area contributed by atoms with Crippen molar-refractivity contribution in [3.8, 4) is 11.4 Å². The minimum atomic E-state index is 0.219. The van der Waals surface area contributed by atoms with Crippen LogP contribution in [-0.4, -0.2) is 24.0 Å². The zero-order valence-electron chi connectivity index (χ0n) is 11.3. The van der Waals surface area contributed by atoms with Crippen LogP contribution in [0.3, 0.4) is 0 Å². The first-order valence-corrected chi connectivity index (χ1v) is 6.29. The summed E-state index contributed by atoms with van der Waals surface area (Å²) in [7, 11) is 3.90. The number of fused-ring (bicyclic) bond motifs is 1. The monoisotopic (exact) mass is 269 g/mol. The lowest BCUT2D eigenvalue weighted by Gasteiger charge is -2.12. The van der Waals surface area contributed by atoms with Gasteiger partial charge in [0.05, 0.1) is 5.56 Å². The molecule has 1 N–H and O–H groups in total. The van der Waals surface area contributed by atoms with Crippen LogP contribution in [0.4, 0.5) is 5.69 Å². The number of anilines is 1. The summed E-state index contributed by atoms with van der Waals surface area (Å²) in [6.45, 7) is 0. The molecule has 102 valence electrons. The van der Waals surface area contributed by atoms with Crippen LogP contribution in [0.1, 0.15) is 0 Å². The van der Waals surface area contributed by atoms with Gasteiger partial charge >= 0.3 is 5.82 Å². The molecule has 5 heteroatoms. The zero-order valence-corrected chi connectivity index (χ0v) is 11.3. The van der Waals surface area contributed by atoms with E-state index >= 15 is 0 Å². The molecule has 0 saturated carbocycles. The Hall–Kier alpha value is -2.69. The first-order chi connectivity index (χ1) is 9.59. The molecule has 0 amide bonds. The molecule has 0 aliphatic carbocycles. The molecule has 0 radical (unpaired) electrons. The van der Waals surface area contributed by atoms with E-state index in [1.54, 1.807) is 24.3 Å². The predicted molar refractivity (Wildman–Crippen MR) is 77.8 cm³/mol. The molecule has 1 heterocycles. The molecule has 0 atom stereocenters. The number of imidazole rings is 1. The standard InChI is InChI=1S/C15H15N3O2/c1-16(2)12-9-7-11(8-10-12)15-17(19)13-5-3-4-6-14(13)18(15)20/h3-10,19H,1-2H3. The fraction of sp³-hybridized carbons (Fsp3) is 0.133. The Balaban J connectivity index is 2.19. The number of nitrogens with zero attached hydrogens (tertiary/aromatic N) is 3. The molecule has 0 aliphatic heterocycles. The Kier molecular flexibility index (Phi) is 2.75. The zero-order chi connectivity index (χ0) is 14.3. The van der Waals surface area contributed by atoms with Crippen molar-refractivity contribution >= 4 is 16.7 Å². The minimum Gasteiger partial charge on any atom is -0.710 e. The summed E-state index contributed by atoms with van der Waals surface area (Å²) >= 11 is 0. The quantitative estimate of drug-likeness (QED) is 0.441. The Morgan fingerprint density at radius 2 is 1.70 bits per heavy atom. The van der Waals surface area contributed by atoms with E-state index in [1.807, 2.05) is 43.3 Å². The summed E-state index contributed by atoms with van der Waals surface area (Å²) in [6, 6.07) is 14.4. The average Bonchev–Trinajstić information content (AvgIpc) is 2.72. The summed E-state index contributed by atoms with van der Waals surface area (Å²) in [6.07, 6.45) is 0. The van der Waals surface area contributed by atoms with Gasteiger partial charge in [0.2, 0.25) is 5.52 Å². The molecule has 0 spiro atoms. The smallest absolute Gasteiger partial charge is 0.332 e. The predicted octanol–water partition coefficient (Wildman–Crippen LogP) is 2.25. The van der Waals surface area contributed by atoms with E-state index in [4.69, 9.17) is 0 Å². The molecule has 5 nitrogen and oxygen atoms in total. The molecule has 1 aromatic heterocycles. The van der Waals surface area contributed by atoms with Gasteiger partial charge in [0.1, 0.15) is 0 Å². The highest BCUT2D eigenvalue weighted by molar-refractivity contribution is 5.75. The van der Waals surface area contributed by atoms with Crippen LogP contribution in [0, 0.1) is 5.21 Å². The maximum absolute atomic E-state index is 12.3. The molecule has 0 saturated heterocycles. The Bertz CT molecular complexity index is 722. The van der Waals surface area contributed by atoms with Gasteiger partial charge in [-0.15, -0.1) is 0 Å². The van der Waals surface area contributed by atoms with Gasteiger partial charge in [0.15, 0.2) is 5.52 Å². The normalized spacial score (nSPS) is 10.9. The van der Waals surface area contributed by atoms with Gasteiger partial charge in [-0.2, -0.15) is 0 Å². The Morgan fingerprint density at radius 1 is 1.05 bits per heavy atom. The molecule has 0 unspecified atom stereocenters. The number of para-hydroxylation sites is 2. The summed E-state index contributed by atoms with van der Waals surface area (Å²) in [4.78, 5) is 1.98. The summed E-state index contributed by atoms with van der Waals surface area (Å²) in [5.74, 6) is 0.219. The van der Waals surface area contributed by atoms with Crippen LogP contribution in [-0.2, 0) is 0 Å². The fourth-order valence-electron chi connectivity index (χ4n) is 2.28. The van der Waals surface area contributed by atoms with E-state index < -0.39 is 0 Å². The molecule has 0 aliphatic rings. The highest BCUT2D eigenvalue weighted by atomic mass is 16.5. The summed E-state index contributed by atoms with van der Waals surface area (Å²) in [5.41, 5.74) is 2.65. The van der Waals surface area contributed by atoms with E-state index in [9.17, 15) is 10.4 Å². The van der Waals surface area contributed by atoms with Crippen molar-refractivity contribution in [2.75, 3.05) is 19.0 Å². The molecular formula is C15H15N3O2. The Labute approximate surface area is 116 Å². The topological polar surface area (TPSA) is 55.3 Å².